The molecule has 1 aromatic heterocycles. The van der Waals surface area contributed by atoms with Gasteiger partial charge in [-0.25, -0.2) is 4.79 Å². The molecule has 0 saturated heterocycles. The van der Waals surface area contributed by atoms with Crippen LogP contribution < -0.4 is 0 Å². The maximum atomic E-state index is 12.7. The van der Waals surface area contributed by atoms with E-state index in [-0.39, 0.29) is 5.39 Å². The van der Waals surface area contributed by atoms with Crippen LogP contribution in [0.15, 0.2) is 24.4 Å². The molecular formula is C11H6F3NO3. The maximum Gasteiger partial charge on any atom is 0.418 e. The van der Waals surface area contributed by atoms with Gasteiger partial charge in [0, 0.05) is 5.39 Å². The van der Waals surface area contributed by atoms with Crippen molar-refractivity contribution in [2.24, 2.45) is 0 Å². The number of para-hydroxylation sites is 1. The standard InChI is InChI=1S/C11H6F3NO3/c12-11(13,14)6-3-1-2-5-8(10(17)18)7(16)4-15-9(5)6/h1-4,16H,(H,17,18). The first-order valence-electron chi connectivity index (χ1n) is 4.73. The predicted molar refractivity (Wildman–Crippen MR) is 55.4 cm³/mol. The van der Waals surface area contributed by atoms with E-state index in [0.29, 0.717) is 6.20 Å². The van der Waals surface area contributed by atoms with Gasteiger partial charge in [0.25, 0.3) is 0 Å². The van der Waals surface area contributed by atoms with Gasteiger partial charge in [0.05, 0.1) is 17.3 Å². The second-order valence-corrected chi connectivity index (χ2v) is 3.52. The smallest absolute Gasteiger partial charge is 0.418 e. The minimum Gasteiger partial charge on any atom is -0.505 e. The Morgan fingerprint density at radius 2 is 1.94 bits per heavy atom. The quantitative estimate of drug-likeness (QED) is 0.823. The van der Waals surface area contributed by atoms with Gasteiger partial charge in [-0.15, -0.1) is 0 Å². The average molecular weight is 257 g/mol. The zero-order valence-corrected chi connectivity index (χ0v) is 8.69. The van der Waals surface area contributed by atoms with Gasteiger partial charge in [0.15, 0.2) is 0 Å². The first-order valence-corrected chi connectivity index (χ1v) is 4.73. The third-order valence-electron chi connectivity index (χ3n) is 2.40. The fourth-order valence-electron chi connectivity index (χ4n) is 1.67. The van der Waals surface area contributed by atoms with E-state index in [9.17, 15) is 23.1 Å². The number of aromatic hydroxyl groups is 1. The van der Waals surface area contributed by atoms with Crippen LogP contribution in [0, 0.1) is 0 Å². The van der Waals surface area contributed by atoms with E-state index in [0.717, 1.165) is 12.1 Å². The fraction of sp³-hybridized carbons (Fsp3) is 0.0909. The number of carbonyl (C=O) groups is 1. The lowest BCUT2D eigenvalue weighted by Crippen LogP contribution is -2.08. The van der Waals surface area contributed by atoms with Gasteiger partial charge in [-0.3, -0.25) is 4.98 Å². The number of carboxylic acid groups (broad SMARTS) is 1. The molecular weight excluding hydrogens is 251 g/mol. The van der Waals surface area contributed by atoms with Crippen molar-refractivity contribution in [3.8, 4) is 5.75 Å². The van der Waals surface area contributed by atoms with Gasteiger partial charge < -0.3 is 10.2 Å². The van der Waals surface area contributed by atoms with Gasteiger partial charge in [0.2, 0.25) is 0 Å². The predicted octanol–water partition coefficient (Wildman–Crippen LogP) is 2.66. The largest absolute Gasteiger partial charge is 0.505 e. The average Bonchev–Trinajstić information content (AvgIpc) is 2.25. The van der Waals surface area contributed by atoms with Crippen molar-refractivity contribution in [2.45, 2.75) is 6.18 Å². The number of halogens is 3. The number of hydrogen-bond donors (Lipinski definition) is 2. The molecule has 18 heavy (non-hydrogen) atoms. The monoisotopic (exact) mass is 257 g/mol. The van der Waals surface area contributed by atoms with Crippen LogP contribution in [0.25, 0.3) is 10.9 Å². The highest BCUT2D eigenvalue weighted by atomic mass is 19.4. The molecule has 1 heterocycles. The van der Waals surface area contributed by atoms with Gasteiger partial charge in [-0.05, 0) is 6.07 Å². The van der Waals surface area contributed by atoms with Crippen molar-refractivity contribution in [3.05, 3.63) is 35.5 Å². The Morgan fingerprint density at radius 3 is 2.50 bits per heavy atom. The highest BCUT2D eigenvalue weighted by Gasteiger charge is 2.34. The van der Waals surface area contributed by atoms with Crippen LogP contribution in [0.4, 0.5) is 13.2 Å². The third-order valence-corrected chi connectivity index (χ3v) is 2.40. The van der Waals surface area contributed by atoms with E-state index in [2.05, 4.69) is 4.98 Å². The molecule has 1 aromatic carbocycles. The van der Waals surface area contributed by atoms with Crippen LogP contribution in [0.5, 0.6) is 5.75 Å². The molecule has 0 unspecified atom stereocenters. The topological polar surface area (TPSA) is 70.4 Å². The minimum absolute atomic E-state index is 0.252. The summed E-state index contributed by atoms with van der Waals surface area (Å²) in [6.45, 7) is 0. The Labute approximate surface area is 98.3 Å². The Hall–Kier alpha value is -2.31. The van der Waals surface area contributed by atoms with Gasteiger partial charge >= 0.3 is 12.1 Å². The summed E-state index contributed by atoms with van der Waals surface area (Å²) >= 11 is 0. The first-order chi connectivity index (χ1) is 8.32. The fourth-order valence-corrected chi connectivity index (χ4v) is 1.67. The zero-order chi connectivity index (χ0) is 13.5. The number of carboxylic acids is 1. The van der Waals surface area contributed by atoms with E-state index in [1.165, 1.54) is 6.07 Å². The lowest BCUT2D eigenvalue weighted by Gasteiger charge is -2.11. The normalized spacial score (nSPS) is 11.7. The molecule has 0 aliphatic heterocycles. The molecule has 0 aliphatic rings. The van der Waals surface area contributed by atoms with Gasteiger partial charge in [-0.2, -0.15) is 13.2 Å². The van der Waals surface area contributed by atoms with Crippen LogP contribution in [-0.4, -0.2) is 21.2 Å². The SMILES string of the molecule is O=C(O)c1c(O)cnc2c(C(F)(F)F)cccc12. The molecule has 0 saturated carbocycles. The molecule has 2 N–H and O–H groups in total. The lowest BCUT2D eigenvalue weighted by atomic mass is 10.0. The molecule has 0 aliphatic carbocycles. The Kier molecular flexibility index (Phi) is 2.61. The molecule has 4 nitrogen and oxygen atoms in total. The van der Waals surface area contributed by atoms with Crippen molar-refractivity contribution < 1.29 is 28.2 Å². The Bertz CT molecular complexity index is 637. The summed E-state index contributed by atoms with van der Waals surface area (Å²) in [6.07, 6.45) is -3.94. The Morgan fingerprint density at radius 1 is 1.28 bits per heavy atom. The molecule has 0 radical (unpaired) electrons. The third kappa shape index (κ3) is 1.83. The molecule has 0 spiro atoms. The van der Waals surface area contributed by atoms with Crippen molar-refractivity contribution in [1.82, 2.24) is 4.98 Å². The summed E-state index contributed by atoms with van der Waals surface area (Å²) in [5, 5.41) is 18.0. The van der Waals surface area contributed by atoms with Crippen molar-refractivity contribution in [2.75, 3.05) is 0 Å². The van der Waals surface area contributed by atoms with E-state index < -0.39 is 34.5 Å². The van der Waals surface area contributed by atoms with Crippen LogP contribution in [0.2, 0.25) is 0 Å². The molecule has 7 heteroatoms. The number of fused-ring (bicyclic) bond motifs is 1. The van der Waals surface area contributed by atoms with Crippen molar-refractivity contribution >= 4 is 16.9 Å². The molecule has 94 valence electrons. The number of aromatic carboxylic acids is 1. The van der Waals surface area contributed by atoms with E-state index >= 15 is 0 Å². The number of alkyl halides is 3. The van der Waals surface area contributed by atoms with Crippen LogP contribution in [-0.2, 0) is 6.18 Å². The number of nitrogens with zero attached hydrogens (tertiary/aromatic N) is 1. The molecule has 0 atom stereocenters. The van der Waals surface area contributed by atoms with Crippen molar-refractivity contribution in [1.29, 1.82) is 0 Å². The molecule has 0 bridgehead atoms. The second-order valence-electron chi connectivity index (χ2n) is 3.52. The number of aromatic nitrogens is 1. The van der Waals surface area contributed by atoms with E-state index in [1.807, 2.05) is 0 Å². The van der Waals surface area contributed by atoms with Gasteiger partial charge in [-0.1, -0.05) is 12.1 Å². The van der Waals surface area contributed by atoms with Crippen molar-refractivity contribution in [3.63, 3.8) is 0 Å². The molecule has 0 fully saturated rings. The van der Waals surface area contributed by atoms with Crippen LogP contribution in [0.3, 0.4) is 0 Å². The zero-order valence-electron chi connectivity index (χ0n) is 8.69. The maximum absolute atomic E-state index is 12.7. The van der Waals surface area contributed by atoms with E-state index in [4.69, 9.17) is 5.11 Å². The minimum atomic E-state index is -4.64. The highest BCUT2D eigenvalue weighted by molar-refractivity contribution is 6.05. The summed E-state index contributed by atoms with van der Waals surface area (Å²) < 4.78 is 38.1. The molecule has 2 rings (SSSR count). The summed E-state index contributed by atoms with van der Waals surface area (Å²) in [5.41, 5.74) is -2.13. The molecule has 0 amide bonds. The summed E-state index contributed by atoms with van der Waals surface area (Å²) in [6, 6.07) is 3.04. The second kappa shape index (κ2) is 3.86. The van der Waals surface area contributed by atoms with Gasteiger partial charge in [0.1, 0.15) is 11.3 Å². The van der Waals surface area contributed by atoms with Crippen LogP contribution in [0.1, 0.15) is 15.9 Å². The van der Waals surface area contributed by atoms with Crippen LogP contribution >= 0.6 is 0 Å². The first kappa shape index (κ1) is 12.2. The summed E-state index contributed by atoms with van der Waals surface area (Å²) in [7, 11) is 0. The Balaban J connectivity index is 2.90. The summed E-state index contributed by atoms with van der Waals surface area (Å²) in [4.78, 5) is 14.4. The lowest BCUT2D eigenvalue weighted by molar-refractivity contribution is -0.136. The number of pyridine rings is 1. The molecule has 2 aromatic rings. The van der Waals surface area contributed by atoms with E-state index in [1.54, 1.807) is 0 Å². The number of rotatable bonds is 1. The number of hydrogen-bond acceptors (Lipinski definition) is 3. The number of benzene rings is 1. The summed E-state index contributed by atoms with van der Waals surface area (Å²) in [5.74, 6) is -2.19. The highest BCUT2D eigenvalue weighted by Crippen LogP contribution is 2.36.